The van der Waals surface area contributed by atoms with Gasteiger partial charge in [0.1, 0.15) is 11.8 Å². The van der Waals surface area contributed by atoms with Gasteiger partial charge in [-0.2, -0.15) is 0 Å². The monoisotopic (exact) mass is 516 g/mol. The van der Waals surface area contributed by atoms with E-state index >= 15 is 0 Å². The first-order chi connectivity index (χ1) is 18.6. The molecule has 3 aliphatic rings. The van der Waals surface area contributed by atoms with Crippen LogP contribution in [-0.4, -0.2) is 69.4 Å². The number of pyridine rings is 3. The zero-order valence-electron chi connectivity index (χ0n) is 21.6. The van der Waals surface area contributed by atoms with E-state index in [1.54, 1.807) is 10.8 Å². The normalized spacial score (nSPS) is 20.4. The molecule has 0 atom stereocenters. The highest BCUT2D eigenvalue weighted by Crippen LogP contribution is 2.43. The van der Waals surface area contributed by atoms with E-state index in [0.717, 1.165) is 81.2 Å². The lowest BCUT2D eigenvalue weighted by Crippen LogP contribution is -2.58. The van der Waals surface area contributed by atoms with Crippen molar-refractivity contribution < 1.29 is 9.13 Å². The average molecular weight is 517 g/mol. The van der Waals surface area contributed by atoms with Crippen molar-refractivity contribution in [1.82, 2.24) is 23.8 Å². The number of halogens is 1. The van der Waals surface area contributed by atoms with Crippen molar-refractivity contribution in [3.8, 4) is 0 Å². The number of ether oxygens (including phenoxy) is 1. The minimum absolute atomic E-state index is 0.0489. The molecular formula is C29H33FN6O2. The van der Waals surface area contributed by atoms with Crippen LogP contribution in [0.4, 0.5) is 10.1 Å². The molecule has 0 radical (unpaired) electrons. The van der Waals surface area contributed by atoms with Crippen LogP contribution in [0.25, 0.3) is 16.4 Å². The number of imidazole rings is 1. The summed E-state index contributed by atoms with van der Waals surface area (Å²) in [4.78, 5) is 27.3. The van der Waals surface area contributed by atoms with E-state index in [1.165, 1.54) is 5.56 Å². The molecule has 0 bridgehead atoms. The summed E-state index contributed by atoms with van der Waals surface area (Å²) in [5, 5.41) is 1.60. The molecule has 8 nitrogen and oxygen atoms in total. The minimum atomic E-state index is -0.661. The summed E-state index contributed by atoms with van der Waals surface area (Å²) in [5.74, 6) is 0. The number of rotatable bonds is 5. The third-order valence-corrected chi connectivity index (χ3v) is 8.64. The number of likely N-dealkylation sites (tertiary alicyclic amines) is 1. The lowest BCUT2D eigenvalue weighted by atomic mass is 9.73. The molecule has 7 heterocycles. The van der Waals surface area contributed by atoms with Crippen molar-refractivity contribution in [3.63, 3.8) is 0 Å². The van der Waals surface area contributed by atoms with Crippen molar-refractivity contribution in [1.29, 1.82) is 0 Å². The number of nitrogens with zero attached hydrogens (tertiary/aromatic N) is 6. The topological polar surface area (TPSA) is 67.9 Å². The van der Waals surface area contributed by atoms with Gasteiger partial charge in [-0.05, 0) is 43.4 Å². The Bertz CT molecular complexity index is 1530. The number of fused-ring (bicyclic) bond motifs is 2. The van der Waals surface area contributed by atoms with Gasteiger partial charge in [-0.1, -0.05) is 6.07 Å². The first-order valence-electron chi connectivity index (χ1n) is 13.7. The number of aromatic nitrogens is 4. The van der Waals surface area contributed by atoms with Crippen molar-refractivity contribution >= 4 is 22.1 Å². The van der Waals surface area contributed by atoms with Gasteiger partial charge in [-0.25, -0.2) is 9.37 Å². The van der Waals surface area contributed by atoms with E-state index in [-0.39, 0.29) is 5.56 Å². The summed E-state index contributed by atoms with van der Waals surface area (Å²) in [5.41, 5.74) is 4.20. The molecule has 3 aliphatic heterocycles. The Kier molecular flexibility index (Phi) is 5.93. The fourth-order valence-electron chi connectivity index (χ4n) is 6.38. The van der Waals surface area contributed by atoms with Crippen LogP contribution in [0, 0.1) is 5.41 Å². The van der Waals surface area contributed by atoms with Crippen LogP contribution in [0.5, 0.6) is 0 Å². The van der Waals surface area contributed by atoms with E-state index in [4.69, 9.17) is 9.72 Å². The van der Waals surface area contributed by atoms with E-state index < -0.39 is 6.17 Å². The molecule has 3 saturated heterocycles. The lowest BCUT2D eigenvalue weighted by molar-refractivity contribution is -0.000118. The molecule has 0 aliphatic carbocycles. The highest BCUT2D eigenvalue weighted by molar-refractivity contribution is 5.93. The number of anilines is 1. The van der Waals surface area contributed by atoms with E-state index in [9.17, 15) is 9.18 Å². The molecule has 4 aromatic heterocycles. The smallest absolute Gasteiger partial charge is 0.260 e. The molecule has 9 heteroatoms. The SMILES string of the molecule is O=c1c2cncc(N3CC4(CCOCC4)C3)c2ccn1Cc1cn2cc(CN3CCC(F)CC3)ccc2n1. The van der Waals surface area contributed by atoms with E-state index in [0.29, 0.717) is 30.2 Å². The van der Waals surface area contributed by atoms with Gasteiger partial charge in [0.05, 0.1) is 29.5 Å². The molecule has 7 rings (SSSR count). The number of alkyl halides is 1. The molecule has 0 saturated carbocycles. The van der Waals surface area contributed by atoms with Gasteiger partial charge in [0.2, 0.25) is 0 Å². The van der Waals surface area contributed by atoms with Crippen LogP contribution in [0.1, 0.15) is 36.9 Å². The zero-order chi connectivity index (χ0) is 25.7. The molecule has 0 amide bonds. The lowest BCUT2D eigenvalue weighted by Gasteiger charge is -2.53. The Hall–Kier alpha value is -3.30. The van der Waals surface area contributed by atoms with Gasteiger partial charge in [-0.15, -0.1) is 0 Å². The Morgan fingerprint density at radius 1 is 1.00 bits per heavy atom. The minimum Gasteiger partial charge on any atom is -0.381 e. The van der Waals surface area contributed by atoms with Crippen molar-refractivity contribution in [3.05, 3.63) is 70.8 Å². The van der Waals surface area contributed by atoms with Gasteiger partial charge in [0, 0.05) is 81.5 Å². The van der Waals surface area contributed by atoms with Crippen LogP contribution >= 0.6 is 0 Å². The van der Waals surface area contributed by atoms with Crippen LogP contribution in [-0.2, 0) is 17.8 Å². The van der Waals surface area contributed by atoms with Crippen LogP contribution < -0.4 is 10.5 Å². The van der Waals surface area contributed by atoms with Gasteiger partial charge < -0.3 is 18.6 Å². The predicted molar refractivity (Wildman–Crippen MR) is 144 cm³/mol. The molecule has 198 valence electrons. The van der Waals surface area contributed by atoms with Crippen LogP contribution in [0.3, 0.4) is 0 Å². The maximum atomic E-state index is 13.5. The van der Waals surface area contributed by atoms with Gasteiger partial charge >= 0.3 is 0 Å². The van der Waals surface area contributed by atoms with Gasteiger partial charge in [-0.3, -0.25) is 14.7 Å². The number of piperidine rings is 1. The van der Waals surface area contributed by atoms with Gasteiger partial charge in [0.25, 0.3) is 5.56 Å². The Balaban J connectivity index is 1.10. The average Bonchev–Trinajstić information content (AvgIpc) is 3.32. The second-order valence-corrected chi connectivity index (χ2v) is 11.3. The first-order valence-corrected chi connectivity index (χ1v) is 13.7. The van der Waals surface area contributed by atoms with E-state index in [1.807, 2.05) is 35.1 Å². The quantitative estimate of drug-likeness (QED) is 0.404. The molecule has 3 fully saturated rings. The summed E-state index contributed by atoms with van der Waals surface area (Å²) >= 11 is 0. The summed E-state index contributed by atoms with van der Waals surface area (Å²) in [7, 11) is 0. The van der Waals surface area contributed by atoms with Crippen molar-refractivity contribution in [2.75, 3.05) is 44.3 Å². The second kappa shape index (κ2) is 9.47. The van der Waals surface area contributed by atoms with Crippen molar-refractivity contribution in [2.45, 2.75) is 44.9 Å². The molecular weight excluding hydrogens is 483 g/mol. The standard InChI is InChI=1S/C29H33FN6O2/c30-22-3-8-33(9-4-22)15-21-1-2-27-32-23(18-35(27)16-21)17-34-10-5-24-25(28(34)37)13-31-14-26(24)36-19-29(20-36)6-11-38-12-7-29/h1-2,5,10,13-14,16,18,22H,3-4,6-9,11-12,15,17,19-20H2. The van der Waals surface area contributed by atoms with Crippen molar-refractivity contribution in [2.24, 2.45) is 5.41 Å². The Labute approximate surface area is 220 Å². The highest BCUT2D eigenvalue weighted by Gasteiger charge is 2.44. The Morgan fingerprint density at radius 3 is 2.63 bits per heavy atom. The van der Waals surface area contributed by atoms with Crippen LogP contribution in [0.15, 0.2) is 54.0 Å². The second-order valence-electron chi connectivity index (χ2n) is 11.3. The third kappa shape index (κ3) is 4.37. The molecule has 0 N–H and O–H groups in total. The zero-order valence-corrected chi connectivity index (χ0v) is 21.6. The Morgan fingerprint density at radius 2 is 1.82 bits per heavy atom. The molecule has 38 heavy (non-hydrogen) atoms. The number of hydrogen-bond acceptors (Lipinski definition) is 6. The summed E-state index contributed by atoms with van der Waals surface area (Å²) in [6.45, 7) is 6.47. The number of hydrogen-bond donors (Lipinski definition) is 0. The molecule has 4 aromatic rings. The fourth-order valence-corrected chi connectivity index (χ4v) is 6.38. The maximum absolute atomic E-state index is 13.5. The van der Waals surface area contributed by atoms with Gasteiger partial charge in [0.15, 0.2) is 0 Å². The fraction of sp³-hybridized carbons (Fsp3) is 0.483. The third-order valence-electron chi connectivity index (χ3n) is 8.64. The molecule has 0 unspecified atom stereocenters. The summed E-state index contributed by atoms with van der Waals surface area (Å²) in [6, 6.07) is 6.14. The predicted octanol–water partition coefficient (Wildman–Crippen LogP) is 3.64. The van der Waals surface area contributed by atoms with E-state index in [2.05, 4.69) is 27.0 Å². The molecule has 0 aromatic carbocycles. The highest BCUT2D eigenvalue weighted by atomic mass is 19.1. The summed E-state index contributed by atoms with van der Waals surface area (Å²) in [6.07, 6.45) is 12.3. The first kappa shape index (κ1) is 23.8. The molecule has 1 spiro atoms. The maximum Gasteiger partial charge on any atom is 0.260 e. The largest absolute Gasteiger partial charge is 0.381 e. The van der Waals surface area contributed by atoms with Crippen LogP contribution in [0.2, 0.25) is 0 Å². The summed E-state index contributed by atoms with van der Waals surface area (Å²) < 4.78 is 22.8.